The molecule has 0 saturated carbocycles. The molecule has 1 aromatic carbocycles. The van der Waals surface area contributed by atoms with Gasteiger partial charge < -0.3 is 5.11 Å². The molecule has 0 aromatic heterocycles. The largest absolute Gasteiger partial charge is 0.389 e. The van der Waals surface area contributed by atoms with E-state index in [0.717, 1.165) is 12.8 Å². The molecular weight excluding hydrogens is 254 g/mol. The van der Waals surface area contributed by atoms with Gasteiger partial charge in [0.15, 0.2) is 0 Å². The van der Waals surface area contributed by atoms with E-state index in [-0.39, 0.29) is 12.0 Å². The highest BCUT2D eigenvalue weighted by Gasteiger charge is 2.43. The maximum absolute atomic E-state index is 13.6. The van der Waals surface area contributed by atoms with Crippen molar-refractivity contribution >= 4 is 11.8 Å². The summed E-state index contributed by atoms with van der Waals surface area (Å²) in [5, 5.41) is 11.5. The fourth-order valence-corrected chi connectivity index (χ4v) is 5.09. The Kier molecular flexibility index (Phi) is 3.10. The molecule has 0 radical (unpaired) electrons. The predicted molar refractivity (Wildman–Crippen MR) is 68.6 cm³/mol. The lowest BCUT2D eigenvalue weighted by Crippen LogP contribution is -2.39. The van der Waals surface area contributed by atoms with Gasteiger partial charge in [0.25, 0.3) is 0 Å². The van der Waals surface area contributed by atoms with Crippen LogP contribution in [-0.2, 0) is 6.42 Å². The summed E-state index contributed by atoms with van der Waals surface area (Å²) in [5.41, 5.74) is -0.897. The highest BCUT2D eigenvalue weighted by atomic mass is 32.2. The first-order valence-corrected chi connectivity index (χ1v) is 7.31. The number of halogens is 2. The first-order chi connectivity index (χ1) is 8.56. The van der Waals surface area contributed by atoms with Crippen LogP contribution >= 0.6 is 11.8 Å². The van der Waals surface area contributed by atoms with Gasteiger partial charge in [0.2, 0.25) is 0 Å². The highest BCUT2D eigenvalue weighted by molar-refractivity contribution is 8.00. The maximum atomic E-state index is 13.6. The molecule has 0 aliphatic carbocycles. The molecule has 1 nitrogen and oxygen atoms in total. The van der Waals surface area contributed by atoms with E-state index in [0.29, 0.717) is 23.3 Å². The minimum Gasteiger partial charge on any atom is -0.389 e. The molecule has 2 heterocycles. The fourth-order valence-electron chi connectivity index (χ4n) is 3.19. The van der Waals surface area contributed by atoms with Crippen molar-refractivity contribution in [1.82, 2.24) is 0 Å². The average molecular weight is 270 g/mol. The monoisotopic (exact) mass is 270 g/mol. The van der Waals surface area contributed by atoms with Crippen LogP contribution in [0, 0.1) is 11.6 Å². The number of benzene rings is 1. The molecule has 18 heavy (non-hydrogen) atoms. The third-order valence-electron chi connectivity index (χ3n) is 3.98. The normalized spacial score (nSPS) is 34.8. The molecule has 2 bridgehead atoms. The second-order valence-corrected chi connectivity index (χ2v) is 7.07. The summed E-state index contributed by atoms with van der Waals surface area (Å²) in [6, 6.07) is 3.88. The molecule has 3 rings (SSSR count). The van der Waals surface area contributed by atoms with E-state index in [1.807, 2.05) is 11.8 Å². The number of aliphatic hydroxyl groups is 1. The van der Waals surface area contributed by atoms with Crippen molar-refractivity contribution in [2.24, 2.45) is 0 Å². The van der Waals surface area contributed by atoms with Crippen LogP contribution in [0.3, 0.4) is 0 Å². The van der Waals surface area contributed by atoms with Crippen LogP contribution in [-0.4, -0.2) is 21.2 Å². The summed E-state index contributed by atoms with van der Waals surface area (Å²) in [4.78, 5) is 0. The first kappa shape index (κ1) is 12.4. The van der Waals surface area contributed by atoms with Crippen molar-refractivity contribution in [1.29, 1.82) is 0 Å². The molecule has 1 N–H and O–H groups in total. The second-order valence-electron chi connectivity index (χ2n) is 5.47. The third-order valence-corrected chi connectivity index (χ3v) is 5.55. The van der Waals surface area contributed by atoms with E-state index >= 15 is 0 Å². The van der Waals surface area contributed by atoms with Crippen LogP contribution < -0.4 is 0 Å². The summed E-state index contributed by atoms with van der Waals surface area (Å²) in [6.07, 6.45) is 3.65. The molecule has 4 heteroatoms. The molecule has 2 saturated heterocycles. The van der Waals surface area contributed by atoms with Crippen LogP contribution in [0.1, 0.15) is 31.2 Å². The summed E-state index contributed by atoms with van der Waals surface area (Å²) in [6.45, 7) is 0. The van der Waals surface area contributed by atoms with Gasteiger partial charge in [-0.2, -0.15) is 11.8 Å². The summed E-state index contributed by atoms with van der Waals surface area (Å²) < 4.78 is 27.3. The van der Waals surface area contributed by atoms with E-state index < -0.39 is 17.2 Å². The minimum atomic E-state index is -0.930. The summed E-state index contributed by atoms with van der Waals surface area (Å²) >= 11 is 1.93. The number of fused-ring (bicyclic) bond motifs is 2. The van der Waals surface area contributed by atoms with Gasteiger partial charge in [-0.1, -0.05) is 6.07 Å². The molecule has 98 valence electrons. The molecule has 0 amide bonds. The standard InChI is InChI=1S/C14H16F2OS/c15-12-2-1-3-13(16)11(12)8-14(17)6-9-4-5-10(7-14)18-9/h1-3,9-10,17H,4-8H2. The van der Waals surface area contributed by atoms with Gasteiger partial charge in [-0.3, -0.25) is 0 Å². The number of hydrogen-bond donors (Lipinski definition) is 1. The Morgan fingerprint density at radius 1 is 1.17 bits per heavy atom. The third kappa shape index (κ3) is 2.28. The van der Waals surface area contributed by atoms with E-state index in [2.05, 4.69) is 0 Å². The zero-order valence-corrected chi connectivity index (χ0v) is 10.9. The van der Waals surface area contributed by atoms with Gasteiger partial charge in [0, 0.05) is 22.5 Å². The van der Waals surface area contributed by atoms with Crippen LogP contribution in [0.2, 0.25) is 0 Å². The fraction of sp³-hybridized carbons (Fsp3) is 0.571. The molecule has 2 aliphatic rings. The lowest BCUT2D eigenvalue weighted by atomic mass is 9.86. The van der Waals surface area contributed by atoms with Crippen LogP contribution in [0.25, 0.3) is 0 Å². The topological polar surface area (TPSA) is 20.2 Å². The Morgan fingerprint density at radius 2 is 1.72 bits per heavy atom. The first-order valence-electron chi connectivity index (χ1n) is 6.36. The number of thioether (sulfide) groups is 1. The lowest BCUT2D eigenvalue weighted by molar-refractivity contribution is 0.0226. The Morgan fingerprint density at radius 3 is 2.28 bits per heavy atom. The van der Waals surface area contributed by atoms with Crippen molar-refractivity contribution in [2.75, 3.05) is 0 Å². The predicted octanol–water partition coefficient (Wildman–Crippen LogP) is 3.30. The zero-order chi connectivity index (χ0) is 12.8. The smallest absolute Gasteiger partial charge is 0.129 e. The van der Waals surface area contributed by atoms with Gasteiger partial charge in [-0.15, -0.1) is 0 Å². The Hall–Kier alpha value is -0.610. The van der Waals surface area contributed by atoms with Crippen LogP contribution in [0.5, 0.6) is 0 Å². The van der Waals surface area contributed by atoms with E-state index in [1.54, 1.807) is 0 Å². The number of hydrogen-bond acceptors (Lipinski definition) is 2. The van der Waals surface area contributed by atoms with E-state index in [9.17, 15) is 13.9 Å². The molecular formula is C14H16F2OS. The molecule has 2 fully saturated rings. The zero-order valence-electron chi connectivity index (χ0n) is 10.0. The quantitative estimate of drug-likeness (QED) is 0.890. The van der Waals surface area contributed by atoms with Crippen molar-refractivity contribution in [3.05, 3.63) is 35.4 Å². The Bertz CT molecular complexity index is 431. The molecule has 2 unspecified atom stereocenters. The van der Waals surface area contributed by atoms with Gasteiger partial charge in [0.1, 0.15) is 11.6 Å². The van der Waals surface area contributed by atoms with Crippen molar-refractivity contribution in [3.63, 3.8) is 0 Å². The minimum absolute atomic E-state index is 0.0336. The summed E-state index contributed by atoms with van der Waals surface area (Å²) in [5.74, 6) is -1.09. The molecule has 1 aromatic rings. The van der Waals surface area contributed by atoms with Gasteiger partial charge >= 0.3 is 0 Å². The highest BCUT2D eigenvalue weighted by Crippen LogP contribution is 2.48. The Balaban J connectivity index is 1.83. The van der Waals surface area contributed by atoms with Gasteiger partial charge in [-0.25, -0.2) is 8.78 Å². The molecule has 2 aliphatic heterocycles. The van der Waals surface area contributed by atoms with E-state index in [1.165, 1.54) is 18.2 Å². The number of rotatable bonds is 2. The van der Waals surface area contributed by atoms with Gasteiger partial charge in [-0.05, 0) is 37.8 Å². The second kappa shape index (κ2) is 4.49. The van der Waals surface area contributed by atoms with Crippen molar-refractivity contribution in [2.45, 2.75) is 48.2 Å². The van der Waals surface area contributed by atoms with Crippen molar-refractivity contribution < 1.29 is 13.9 Å². The molecule has 0 spiro atoms. The summed E-state index contributed by atoms with van der Waals surface area (Å²) in [7, 11) is 0. The van der Waals surface area contributed by atoms with Crippen molar-refractivity contribution in [3.8, 4) is 0 Å². The SMILES string of the molecule is OC1(Cc2c(F)cccc2F)CC2CCC(C1)S2. The van der Waals surface area contributed by atoms with E-state index in [4.69, 9.17) is 0 Å². The van der Waals surface area contributed by atoms with Crippen LogP contribution in [0.4, 0.5) is 8.78 Å². The Labute approximate surface area is 110 Å². The molecule has 2 atom stereocenters. The lowest BCUT2D eigenvalue weighted by Gasteiger charge is -2.36. The van der Waals surface area contributed by atoms with Gasteiger partial charge in [0.05, 0.1) is 5.60 Å². The van der Waals surface area contributed by atoms with Crippen LogP contribution in [0.15, 0.2) is 18.2 Å². The average Bonchev–Trinajstić information content (AvgIpc) is 2.64. The maximum Gasteiger partial charge on any atom is 0.129 e.